The summed E-state index contributed by atoms with van der Waals surface area (Å²) in [5.41, 5.74) is 2.83. The summed E-state index contributed by atoms with van der Waals surface area (Å²) in [7, 11) is 2.17. The molecule has 1 atom stereocenters. The highest BCUT2D eigenvalue weighted by molar-refractivity contribution is 5.58. The molecule has 3 nitrogen and oxygen atoms in total. The number of likely N-dealkylation sites (N-methyl/N-ethyl adjacent to an activating group) is 1. The van der Waals surface area contributed by atoms with Crippen LogP contribution in [0, 0.1) is 18.3 Å². The quantitative estimate of drug-likeness (QED) is 0.865. The van der Waals surface area contributed by atoms with E-state index in [1.807, 2.05) is 25.1 Å². The smallest absolute Gasteiger partial charge is 0.101 e. The van der Waals surface area contributed by atoms with E-state index >= 15 is 0 Å². The summed E-state index contributed by atoms with van der Waals surface area (Å²) >= 11 is 0. The molecule has 2 rings (SSSR count). The number of anilines is 1. The van der Waals surface area contributed by atoms with Crippen molar-refractivity contribution in [3.05, 3.63) is 29.3 Å². The molecule has 90 valence electrons. The zero-order chi connectivity index (χ0) is 12.3. The molecule has 1 aromatic carbocycles. The average Bonchev–Trinajstić information content (AvgIpc) is 2.73. The monoisotopic (exact) mass is 229 g/mol. The number of rotatable bonds is 3. The van der Waals surface area contributed by atoms with Gasteiger partial charge in [-0.3, -0.25) is 0 Å². The van der Waals surface area contributed by atoms with Gasteiger partial charge in [0.15, 0.2) is 0 Å². The van der Waals surface area contributed by atoms with Gasteiger partial charge in [0.1, 0.15) is 6.07 Å². The third-order valence-electron chi connectivity index (χ3n) is 3.50. The van der Waals surface area contributed by atoms with Crippen LogP contribution >= 0.6 is 0 Å². The molecule has 0 saturated carbocycles. The Morgan fingerprint density at radius 3 is 3.00 bits per heavy atom. The van der Waals surface area contributed by atoms with Gasteiger partial charge in [0, 0.05) is 12.6 Å². The fourth-order valence-corrected chi connectivity index (χ4v) is 2.37. The van der Waals surface area contributed by atoms with Gasteiger partial charge in [-0.05, 0) is 51.1 Å². The highest BCUT2D eigenvalue weighted by Crippen LogP contribution is 2.19. The number of nitrogens with one attached hydrogen (secondary N) is 1. The minimum Gasteiger partial charge on any atom is -0.382 e. The van der Waals surface area contributed by atoms with E-state index in [1.165, 1.54) is 19.4 Å². The van der Waals surface area contributed by atoms with E-state index < -0.39 is 0 Å². The number of benzene rings is 1. The molecule has 3 heteroatoms. The first-order valence-electron chi connectivity index (χ1n) is 6.15. The molecule has 0 aliphatic carbocycles. The van der Waals surface area contributed by atoms with E-state index in [2.05, 4.69) is 23.3 Å². The van der Waals surface area contributed by atoms with Gasteiger partial charge in [0.05, 0.1) is 11.3 Å². The summed E-state index contributed by atoms with van der Waals surface area (Å²) in [6.07, 6.45) is 2.53. The van der Waals surface area contributed by atoms with Gasteiger partial charge in [-0.15, -0.1) is 0 Å². The summed E-state index contributed by atoms with van der Waals surface area (Å²) in [5.74, 6) is 0. The normalized spacial score (nSPS) is 20.2. The van der Waals surface area contributed by atoms with Gasteiger partial charge in [0.25, 0.3) is 0 Å². The van der Waals surface area contributed by atoms with Crippen LogP contribution in [-0.2, 0) is 0 Å². The second kappa shape index (κ2) is 5.20. The predicted octanol–water partition coefficient (Wildman–Crippen LogP) is 2.37. The molecule has 1 aromatic rings. The molecule has 17 heavy (non-hydrogen) atoms. The van der Waals surface area contributed by atoms with Crippen LogP contribution in [0.1, 0.15) is 24.0 Å². The summed E-state index contributed by atoms with van der Waals surface area (Å²) in [5, 5.41) is 12.5. The fourth-order valence-electron chi connectivity index (χ4n) is 2.37. The van der Waals surface area contributed by atoms with Crippen LogP contribution in [0.3, 0.4) is 0 Å². The summed E-state index contributed by atoms with van der Waals surface area (Å²) in [6, 6.07) is 8.82. The molecule has 0 amide bonds. The zero-order valence-corrected chi connectivity index (χ0v) is 10.5. The lowest BCUT2D eigenvalue weighted by Gasteiger charge is -2.20. The molecule has 0 radical (unpaired) electrons. The third kappa shape index (κ3) is 2.78. The van der Waals surface area contributed by atoms with E-state index in [0.717, 1.165) is 23.4 Å². The van der Waals surface area contributed by atoms with Crippen LogP contribution in [0.2, 0.25) is 0 Å². The van der Waals surface area contributed by atoms with E-state index in [1.54, 1.807) is 0 Å². The maximum absolute atomic E-state index is 9.09. The Bertz CT molecular complexity index is 434. The SMILES string of the molecule is Cc1ccc(NCC2CCCN2C)c(C#N)c1. The number of likely N-dealkylation sites (tertiary alicyclic amines) is 1. The van der Waals surface area contributed by atoms with Crippen molar-refractivity contribution in [2.75, 3.05) is 25.5 Å². The van der Waals surface area contributed by atoms with Crippen LogP contribution in [0.25, 0.3) is 0 Å². The Labute approximate surface area is 103 Å². The van der Waals surface area contributed by atoms with E-state index in [0.29, 0.717) is 6.04 Å². The minimum absolute atomic E-state index is 0.600. The Balaban J connectivity index is 2.01. The van der Waals surface area contributed by atoms with Crippen molar-refractivity contribution >= 4 is 5.69 Å². The lowest BCUT2D eigenvalue weighted by atomic mass is 10.1. The maximum atomic E-state index is 9.09. The Morgan fingerprint density at radius 2 is 2.35 bits per heavy atom. The van der Waals surface area contributed by atoms with Gasteiger partial charge >= 0.3 is 0 Å². The van der Waals surface area contributed by atoms with Crippen molar-refractivity contribution in [2.24, 2.45) is 0 Å². The molecule has 0 bridgehead atoms. The van der Waals surface area contributed by atoms with Crippen LogP contribution in [0.5, 0.6) is 0 Å². The van der Waals surface area contributed by atoms with Gasteiger partial charge in [0.2, 0.25) is 0 Å². The Kier molecular flexibility index (Phi) is 3.65. The number of nitrogens with zero attached hydrogens (tertiary/aromatic N) is 2. The second-order valence-corrected chi connectivity index (χ2v) is 4.82. The van der Waals surface area contributed by atoms with Crippen LogP contribution in [0.15, 0.2) is 18.2 Å². The van der Waals surface area contributed by atoms with E-state index in [-0.39, 0.29) is 0 Å². The standard InChI is InChI=1S/C14H19N3/c1-11-5-6-14(12(8-11)9-15)16-10-13-4-3-7-17(13)2/h5-6,8,13,16H,3-4,7,10H2,1-2H3. The lowest BCUT2D eigenvalue weighted by molar-refractivity contribution is 0.322. The summed E-state index contributed by atoms with van der Waals surface area (Å²) in [4.78, 5) is 2.38. The van der Waals surface area contributed by atoms with Gasteiger partial charge in [-0.2, -0.15) is 5.26 Å². The van der Waals surface area contributed by atoms with Crippen molar-refractivity contribution in [2.45, 2.75) is 25.8 Å². The first-order valence-corrected chi connectivity index (χ1v) is 6.15. The first kappa shape index (κ1) is 11.9. The molecule has 1 saturated heterocycles. The summed E-state index contributed by atoms with van der Waals surface area (Å²) in [6.45, 7) is 4.12. The number of hydrogen-bond donors (Lipinski definition) is 1. The van der Waals surface area contributed by atoms with Crippen molar-refractivity contribution in [3.8, 4) is 6.07 Å². The van der Waals surface area contributed by atoms with Crippen LogP contribution in [0.4, 0.5) is 5.69 Å². The van der Waals surface area contributed by atoms with E-state index in [4.69, 9.17) is 5.26 Å². The van der Waals surface area contributed by atoms with Crippen molar-refractivity contribution in [1.82, 2.24) is 4.90 Å². The molecule has 1 aliphatic heterocycles. The Morgan fingerprint density at radius 1 is 1.53 bits per heavy atom. The molecular formula is C14H19N3. The fraction of sp³-hybridized carbons (Fsp3) is 0.500. The molecule has 1 fully saturated rings. The van der Waals surface area contributed by atoms with Crippen molar-refractivity contribution < 1.29 is 0 Å². The van der Waals surface area contributed by atoms with E-state index in [9.17, 15) is 0 Å². The molecule has 0 spiro atoms. The minimum atomic E-state index is 0.600. The lowest BCUT2D eigenvalue weighted by Crippen LogP contribution is -2.31. The number of nitriles is 1. The molecule has 1 unspecified atom stereocenters. The van der Waals surface area contributed by atoms with Crippen molar-refractivity contribution in [1.29, 1.82) is 5.26 Å². The highest BCUT2D eigenvalue weighted by Gasteiger charge is 2.20. The van der Waals surface area contributed by atoms with Crippen molar-refractivity contribution in [3.63, 3.8) is 0 Å². The number of aryl methyl sites for hydroxylation is 1. The third-order valence-corrected chi connectivity index (χ3v) is 3.50. The van der Waals surface area contributed by atoms with Gasteiger partial charge in [-0.1, -0.05) is 6.07 Å². The van der Waals surface area contributed by atoms with Crippen LogP contribution in [-0.4, -0.2) is 31.1 Å². The molecule has 1 aliphatic rings. The molecular weight excluding hydrogens is 210 g/mol. The molecule has 0 aromatic heterocycles. The first-order chi connectivity index (χ1) is 8.20. The molecule has 1 heterocycles. The predicted molar refractivity (Wildman–Crippen MR) is 70.0 cm³/mol. The average molecular weight is 229 g/mol. The topological polar surface area (TPSA) is 39.1 Å². The largest absolute Gasteiger partial charge is 0.382 e. The molecule has 1 N–H and O–H groups in total. The Hall–Kier alpha value is -1.53. The zero-order valence-electron chi connectivity index (χ0n) is 10.5. The highest BCUT2D eigenvalue weighted by atomic mass is 15.2. The van der Waals surface area contributed by atoms with Crippen LogP contribution < -0.4 is 5.32 Å². The number of hydrogen-bond acceptors (Lipinski definition) is 3. The van der Waals surface area contributed by atoms with Gasteiger partial charge in [-0.25, -0.2) is 0 Å². The summed E-state index contributed by atoms with van der Waals surface area (Å²) < 4.78 is 0. The second-order valence-electron chi connectivity index (χ2n) is 4.82. The van der Waals surface area contributed by atoms with Gasteiger partial charge < -0.3 is 10.2 Å². The maximum Gasteiger partial charge on any atom is 0.101 e.